The van der Waals surface area contributed by atoms with Crippen LogP contribution in [0.1, 0.15) is 25.8 Å². The van der Waals surface area contributed by atoms with Crippen LogP contribution in [0.3, 0.4) is 0 Å². The van der Waals surface area contributed by atoms with Gasteiger partial charge in [-0.2, -0.15) is 0 Å². The van der Waals surface area contributed by atoms with E-state index in [1.165, 1.54) is 5.56 Å². The van der Waals surface area contributed by atoms with Gasteiger partial charge in [0, 0.05) is 43.3 Å². The van der Waals surface area contributed by atoms with Gasteiger partial charge in [-0.1, -0.05) is 41.9 Å². The number of likely N-dealkylation sites (tertiary alicyclic amines) is 1. The quantitative estimate of drug-likeness (QED) is 0.236. The minimum absolute atomic E-state index is 0.0467. The number of benzene rings is 2. The van der Waals surface area contributed by atoms with Crippen LogP contribution in [-0.2, 0) is 11.3 Å². The van der Waals surface area contributed by atoms with Gasteiger partial charge in [-0.05, 0) is 64.2 Å². The monoisotopic (exact) mass is 575 g/mol. The lowest BCUT2D eigenvalue weighted by molar-refractivity contribution is -0.123. The minimum atomic E-state index is -0.158. The molecule has 1 fully saturated rings. The molecular weight excluding hydrogens is 538 g/mol. The van der Waals surface area contributed by atoms with Gasteiger partial charge in [0.25, 0.3) is 5.91 Å². The van der Waals surface area contributed by atoms with E-state index in [1.54, 1.807) is 6.20 Å². The Morgan fingerprint density at radius 3 is 2.66 bits per heavy atom. The molecule has 10 heteroatoms. The van der Waals surface area contributed by atoms with Crippen molar-refractivity contribution in [3.63, 3.8) is 0 Å². The molecule has 0 spiro atoms. The Morgan fingerprint density at radius 2 is 1.93 bits per heavy atom. The molecule has 9 nitrogen and oxygen atoms in total. The summed E-state index contributed by atoms with van der Waals surface area (Å²) in [6.45, 7) is 7.52. The molecule has 3 N–H and O–H groups in total. The van der Waals surface area contributed by atoms with Gasteiger partial charge in [-0.3, -0.25) is 9.69 Å². The van der Waals surface area contributed by atoms with E-state index in [-0.39, 0.29) is 24.1 Å². The molecule has 2 aromatic carbocycles. The molecule has 0 aliphatic carbocycles. The van der Waals surface area contributed by atoms with Gasteiger partial charge in [-0.15, -0.1) is 0 Å². The number of fused-ring (bicyclic) bond motifs is 1. The third-order valence-corrected chi connectivity index (χ3v) is 8.05. The van der Waals surface area contributed by atoms with E-state index in [4.69, 9.17) is 21.3 Å². The van der Waals surface area contributed by atoms with Crippen LogP contribution >= 0.6 is 11.6 Å². The fourth-order valence-corrected chi connectivity index (χ4v) is 4.92. The SMILES string of the molecule is CN(C)C(C)(C)CNC(=O)COc1ccc(-c2nc3c(N[C@H]4CCN(Cc5ccccc5)C4)c(Cl)cnc3[nH]2)cc1. The predicted molar refractivity (Wildman–Crippen MR) is 164 cm³/mol. The van der Waals surface area contributed by atoms with E-state index in [2.05, 4.69) is 68.5 Å². The predicted octanol–water partition coefficient (Wildman–Crippen LogP) is 4.80. The van der Waals surface area contributed by atoms with Crippen molar-refractivity contribution in [3.8, 4) is 17.1 Å². The van der Waals surface area contributed by atoms with Crippen LogP contribution in [0.25, 0.3) is 22.6 Å². The highest BCUT2D eigenvalue weighted by Crippen LogP contribution is 2.32. The van der Waals surface area contributed by atoms with Gasteiger partial charge in [0.15, 0.2) is 12.3 Å². The molecule has 1 amide bonds. The lowest BCUT2D eigenvalue weighted by Crippen LogP contribution is -2.48. The smallest absolute Gasteiger partial charge is 0.258 e. The van der Waals surface area contributed by atoms with Crippen molar-refractivity contribution in [2.75, 3.05) is 45.7 Å². The number of carbonyl (C=O) groups is 1. The average molecular weight is 576 g/mol. The molecular formula is C31H38ClN7O2. The number of nitrogens with zero attached hydrogens (tertiary/aromatic N) is 4. The average Bonchev–Trinajstić information content (AvgIpc) is 3.60. The van der Waals surface area contributed by atoms with Crippen molar-refractivity contribution >= 4 is 34.4 Å². The fourth-order valence-electron chi connectivity index (χ4n) is 4.73. The molecule has 1 aliphatic rings. The number of carbonyl (C=O) groups excluding carboxylic acids is 1. The molecule has 41 heavy (non-hydrogen) atoms. The van der Waals surface area contributed by atoms with E-state index in [0.29, 0.717) is 34.3 Å². The fraction of sp³-hybridized carbons (Fsp3) is 0.387. The van der Waals surface area contributed by atoms with Crippen LogP contribution in [-0.4, -0.2) is 82.6 Å². The van der Waals surface area contributed by atoms with E-state index < -0.39 is 0 Å². The number of rotatable bonds is 11. The van der Waals surface area contributed by atoms with Gasteiger partial charge in [0.2, 0.25) is 0 Å². The molecule has 216 valence electrons. The molecule has 0 saturated carbocycles. The molecule has 5 rings (SSSR count). The molecule has 1 aliphatic heterocycles. The first-order chi connectivity index (χ1) is 19.7. The number of halogens is 1. The summed E-state index contributed by atoms with van der Waals surface area (Å²) in [6, 6.07) is 18.3. The van der Waals surface area contributed by atoms with Gasteiger partial charge >= 0.3 is 0 Å². The summed E-state index contributed by atoms with van der Waals surface area (Å²) >= 11 is 6.60. The van der Waals surface area contributed by atoms with E-state index in [0.717, 1.165) is 37.3 Å². The summed E-state index contributed by atoms with van der Waals surface area (Å²) in [7, 11) is 3.98. The third kappa shape index (κ3) is 7.16. The first-order valence-electron chi connectivity index (χ1n) is 13.9. The summed E-state index contributed by atoms with van der Waals surface area (Å²) in [5.41, 5.74) is 4.24. The van der Waals surface area contributed by atoms with Crippen LogP contribution in [0.15, 0.2) is 60.8 Å². The summed E-state index contributed by atoms with van der Waals surface area (Å²) in [5, 5.41) is 7.12. The van der Waals surface area contributed by atoms with E-state index >= 15 is 0 Å². The van der Waals surface area contributed by atoms with Crippen LogP contribution in [0.4, 0.5) is 5.69 Å². The van der Waals surface area contributed by atoms with E-state index in [9.17, 15) is 4.79 Å². The Kier molecular flexibility index (Phi) is 8.77. The normalized spacial score (nSPS) is 15.9. The molecule has 1 atom stereocenters. The topological polar surface area (TPSA) is 98.4 Å². The molecule has 0 radical (unpaired) electrons. The molecule has 2 aromatic heterocycles. The molecule has 0 unspecified atom stereocenters. The number of amides is 1. The third-order valence-electron chi connectivity index (χ3n) is 7.76. The Morgan fingerprint density at radius 1 is 1.17 bits per heavy atom. The van der Waals surface area contributed by atoms with Crippen molar-refractivity contribution < 1.29 is 9.53 Å². The van der Waals surface area contributed by atoms with Crippen LogP contribution in [0.2, 0.25) is 5.02 Å². The van der Waals surface area contributed by atoms with Crippen molar-refractivity contribution in [1.82, 2.24) is 30.1 Å². The Balaban J connectivity index is 1.21. The molecule has 1 saturated heterocycles. The number of H-pyrrole nitrogens is 1. The highest BCUT2D eigenvalue weighted by atomic mass is 35.5. The van der Waals surface area contributed by atoms with Gasteiger partial charge < -0.3 is 25.3 Å². The Labute approximate surface area is 246 Å². The summed E-state index contributed by atoms with van der Waals surface area (Å²) < 4.78 is 5.70. The highest BCUT2D eigenvalue weighted by Gasteiger charge is 2.25. The number of imidazole rings is 1. The number of aromatic amines is 1. The lowest BCUT2D eigenvalue weighted by Gasteiger charge is -2.32. The maximum Gasteiger partial charge on any atom is 0.258 e. The molecule has 3 heterocycles. The van der Waals surface area contributed by atoms with Crippen molar-refractivity contribution in [2.24, 2.45) is 0 Å². The van der Waals surface area contributed by atoms with Crippen LogP contribution in [0.5, 0.6) is 5.75 Å². The zero-order valence-electron chi connectivity index (χ0n) is 24.1. The van der Waals surface area contributed by atoms with Gasteiger partial charge in [-0.25, -0.2) is 9.97 Å². The minimum Gasteiger partial charge on any atom is -0.484 e. The number of nitrogens with one attached hydrogen (secondary N) is 3. The lowest BCUT2D eigenvalue weighted by atomic mass is 10.0. The number of hydrogen-bond acceptors (Lipinski definition) is 7. The molecule has 0 bridgehead atoms. The number of anilines is 1. The number of hydrogen-bond donors (Lipinski definition) is 3. The largest absolute Gasteiger partial charge is 0.484 e. The highest BCUT2D eigenvalue weighted by molar-refractivity contribution is 6.34. The maximum absolute atomic E-state index is 12.3. The number of pyridine rings is 1. The summed E-state index contributed by atoms with van der Waals surface area (Å²) in [6.07, 6.45) is 2.68. The second-order valence-corrected chi connectivity index (χ2v) is 11.8. The maximum atomic E-state index is 12.3. The second kappa shape index (κ2) is 12.5. The zero-order valence-corrected chi connectivity index (χ0v) is 24.8. The molecule has 4 aromatic rings. The number of ether oxygens (including phenoxy) is 1. The summed E-state index contributed by atoms with van der Waals surface area (Å²) in [5.74, 6) is 1.14. The van der Waals surface area contributed by atoms with Gasteiger partial charge in [0.05, 0.1) is 16.9 Å². The van der Waals surface area contributed by atoms with E-state index in [1.807, 2.05) is 44.4 Å². The van der Waals surface area contributed by atoms with Gasteiger partial charge in [0.1, 0.15) is 17.1 Å². The van der Waals surface area contributed by atoms with Crippen molar-refractivity contribution in [3.05, 3.63) is 71.4 Å². The standard InChI is InChI=1S/C31H38ClN7O2/c1-31(2,38(3)4)20-34-26(40)19-41-24-12-10-22(11-13-24)29-36-28-27(25(32)16-33-30(28)37-29)35-23-14-15-39(18-23)17-21-8-6-5-7-9-21/h5-13,16,23H,14-15,17-20H2,1-4H3,(H,34,40)(H2,33,35,36,37)/t23-/m0/s1. The summed E-state index contributed by atoms with van der Waals surface area (Å²) in [4.78, 5) is 29.4. The Bertz CT molecular complexity index is 1470. The first kappa shape index (κ1) is 28.9. The zero-order chi connectivity index (χ0) is 29.0. The second-order valence-electron chi connectivity index (χ2n) is 11.4. The van der Waals surface area contributed by atoms with Crippen LogP contribution < -0.4 is 15.4 Å². The number of likely N-dealkylation sites (N-methyl/N-ethyl adjacent to an activating group) is 1. The Hall–Kier alpha value is -3.66. The van der Waals surface area contributed by atoms with Crippen molar-refractivity contribution in [1.29, 1.82) is 0 Å². The van der Waals surface area contributed by atoms with Crippen LogP contribution in [0, 0.1) is 0 Å². The van der Waals surface area contributed by atoms with Crippen molar-refractivity contribution in [2.45, 2.75) is 38.4 Å². The number of aromatic nitrogens is 3. The first-order valence-corrected chi connectivity index (χ1v) is 14.3.